The van der Waals surface area contributed by atoms with Gasteiger partial charge in [0.1, 0.15) is 6.10 Å². The van der Waals surface area contributed by atoms with Crippen LogP contribution in [0.4, 0.5) is 0 Å². The number of aryl methyl sites for hydroxylation is 1. The van der Waals surface area contributed by atoms with Crippen LogP contribution in [0, 0.1) is 17.8 Å². The van der Waals surface area contributed by atoms with Crippen molar-refractivity contribution in [2.24, 2.45) is 17.8 Å². The molecular formula is C24H33NO4. The fraction of sp³-hybridized carbons (Fsp3) is 0.583. The van der Waals surface area contributed by atoms with Crippen molar-refractivity contribution in [1.82, 2.24) is 4.98 Å². The van der Waals surface area contributed by atoms with Gasteiger partial charge in [-0.2, -0.15) is 0 Å². The second-order valence-electron chi connectivity index (χ2n) is 8.73. The smallest absolute Gasteiger partial charge is 0.344 e. The molecule has 3 atom stereocenters. The SMILES string of the molecule is CC(C)[C@H]1CC[C@@H](C)C[C@@H]1OC(=O)COC(=O)CCCc1c[nH]c2ccccc12. The maximum atomic E-state index is 12.2. The van der Waals surface area contributed by atoms with Gasteiger partial charge >= 0.3 is 11.9 Å². The average molecular weight is 400 g/mol. The second-order valence-corrected chi connectivity index (χ2v) is 8.73. The van der Waals surface area contributed by atoms with Gasteiger partial charge in [-0.05, 0) is 55.1 Å². The van der Waals surface area contributed by atoms with Crippen molar-refractivity contribution in [3.8, 4) is 0 Å². The number of aromatic nitrogens is 1. The van der Waals surface area contributed by atoms with E-state index in [4.69, 9.17) is 9.47 Å². The summed E-state index contributed by atoms with van der Waals surface area (Å²) in [5.41, 5.74) is 2.29. The lowest BCUT2D eigenvalue weighted by Crippen LogP contribution is -2.36. The van der Waals surface area contributed by atoms with Crippen LogP contribution in [0.25, 0.3) is 10.9 Å². The van der Waals surface area contributed by atoms with Gasteiger partial charge in [-0.3, -0.25) is 4.79 Å². The number of esters is 2. The average Bonchev–Trinajstić information content (AvgIpc) is 3.09. The van der Waals surface area contributed by atoms with E-state index < -0.39 is 5.97 Å². The van der Waals surface area contributed by atoms with E-state index in [1.807, 2.05) is 24.4 Å². The Kier molecular flexibility index (Phi) is 7.34. The predicted molar refractivity (Wildman–Crippen MR) is 113 cm³/mol. The molecule has 0 spiro atoms. The van der Waals surface area contributed by atoms with Gasteiger partial charge in [0, 0.05) is 23.5 Å². The van der Waals surface area contributed by atoms with E-state index in [0.29, 0.717) is 30.6 Å². The molecule has 0 radical (unpaired) electrons. The molecule has 5 nitrogen and oxygen atoms in total. The first-order valence-corrected chi connectivity index (χ1v) is 10.8. The normalized spacial score (nSPS) is 22.0. The van der Waals surface area contributed by atoms with Crippen LogP contribution in [0.5, 0.6) is 0 Å². The van der Waals surface area contributed by atoms with Crippen molar-refractivity contribution in [3.05, 3.63) is 36.0 Å². The molecule has 0 amide bonds. The van der Waals surface area contributed by atoms with Crippen LogP contribution in [0.1, 0.15) is 58.4 Å². The molecule has 29 heavy (non-hydrogen) atoms. The number of nitrogens with one attached hydrogen (secondary N) is 1. The van der Waals surface area contributed by atoms with Gasteiger partial charge in [-0.1, -0.05) is 45.4 Å². The van der Waals surface area contributed by atoms with E-state index in [2.05, 4.69) is 31.8 Å². The van der Waals surface area contributed by atoms with Crippen molar-refractivity contribution in [3.63, 3.8) is 0 Å². The molecule has 3 rings (SSSR count). The molecule has 2 aromatic rings. The number of fused-ring (bicyclic) bond motifs is 1. The highest BCUT2D eigenvalue weighted by molar-refractivity contribution is 5.83. The minimum absolute atomic E-state index is 0.0631. The van der Waals surface area contributed by atoms with Gasteiger partial charge in [0.15, 0.2) is 6.61 Å². The maximum Gasteiger partial charge on any atom is 0.344 e. The fourth-order valence-corrected chi connectivity index (χ4v) is 4.43. The Morgan fingerprint density at radius 2 is 1.97 bits per heavy atom. The minimum atomic E-state index is -0.431. The summed E-state index contributed by atoms with van der Waals surface area (Å²) in [5, 5.41) is 1.19. The zero-order valence-corrected chi connectivity index (χ0v) is 17.8. The number of carbonyl (C=O) groups excluding carboxylic acids is 2. The topological polar surface area (TPSA) is 68.4 Å². The van der Waals surface area contributed by atoms with Gasteiger partial charge < -0.3 is 14.5 Å². The van der Waals surface area contributed by atoms with Crippen LogP contribution in [-0.4, -0.2) is 29.6 Å². The van der Waals surface area contributed by atoms with Crippen molar-refractivity contribution in [2.75, 3.05) is 6.61 Å². The van der Waals surface area contributed by atoms with E-state index >= 15 is 0 Å². The Hall–Kier alpha value is -2.30. The van der Waals surface area contributed by atoms with Crippen molar-refractivity contribution in [2.45, 2.75) is 65.4 Å². The zero-order chi connectivity index (χ0) is 20.8. The number of rotatable bonds is 8. The van der Waals surface area contributed by atoms with Crippen LogP contribution >= 0.6 is 0 Å². The molecule has 0 bridgehead atoms. The summed E-state index contributed by atoms with van der Waals surface area (Å²) < 4.78 is 10.8. The van der Waals surface area contributed by atoms with Crippen molar-refractivity contribution < 1.29 is 19.1 Å². The highest BCUT2D eigenvalue weighted by Crippen LogP contribution is 2.35. The highest BCUT2D eigenvalue weighted by atomic mass is 16.6. The van der Waals surface area contributed by atoms with Gasteiger partial charge in [-0.25, -0.2) is 4.79 Å². The molecule has 1 aromatic heterocycles. The standard InChI is InChI=1S/C24H33NO4/c1-16(2)19-12-11-17(3)13-22(19)29-24(27)15-28-23(26)10-6-7-18-14-25-21-9-5-4-8-20(18)21/h4-5,8-9,14,16-17,19,22,25H,6-7,10-13,15H2,1-3H3/t17-,19-,22+/m1/s1. The van der Waals surface area contributed by atoms with Gasteiger partial charge in [0.05, 0.1) is 0 Å². The molecule has 1 aliphatic carbocycles. The van der Waals surface area contributed by atoms with Crippen LogP contribution in [-0.2, 0) is 25.5 Å². The Labute approximate surface area is 173 Å². The summed E-state index contributed by atoms with van der Waals surface area (Å²) in [6.07, 6.45) is 6.86. The van der Waals surface area contributed by atoms with Gasteiger partial charge in [-0.15, -0.1) is 0 Å². The Morgan fingerprint density at radius 1 is 1.17 bits per heavy atom. The quantitative estimate of drug-likeness (QED) is 0.632. The first kappa shape index (κ1) is 21.4. The summed E-state index contributed by atoms with van der Waals surface area (Å²) in [4.78, 5) is 27.5. The molecule has 0 unspecified atom stereocenters. The van der Waals surface area contributed by atoms with Crippen LogP contribution in [0.3, 0.4) is 0 Å². The summed E-state index contributed by atoms with van der Waals surface area (Å²) in [7, 11) is 0. The largest absolute Gasteiger partial charge is 0.460 e. The molecule has 0 aliphatic heterocycles. The highest BCUT2D eigenvalue weighted by Gasteiger charge is 2.33. The molecule has 0 saturated heterocycles. The van der Waals surface area contributed by atoms with E-state index in [9.17, 15) is 9.59 Å². The minimum Gasteiger partial charge on any atom is -0.460 e. The van der Waals surface area contributed by atoms with Crippen LogP contribution in [0.15, 0.2) is 30.5 Å². The Morgan fingerprint density at radius 3 is 2.76 bits per heavy atom. The number of benzene rings is 1. The lowest BCUT2D eigenvalue weighted by Gasteiger charge is -2.36. The summed E-state index contributed by atoms with van der Waals surface area (Å²) in [5.74, 6) is 0.656. The molecule has 1 aromatic carbocycles. The van der Waals surface area contributed by atoms with Gasteiger partial charge in [0.2, 0.25) is 0 Å². The zero-order valence-electron chi connectivity index (χ0n) is 17.8. The maximum absolute atomic E-state index is 12.2. The van der Waals surface area contributed by atoms with E-state index in [-0.39, 0.29) is 18.7 Å². The number of hydrogen-bond donors (Lipinski definition) is 1. The molecule has 1 N–H and O–H groups in total. The van der Waals surface area contributed by atoms with Crippen molar-refractivity contribution >= 4 is 22.8 Å². The van der Waals surface area contributed by atoms with E-state index in [0.717, 1.165) is 24.8 Å². The van der Waals surface area contributed by atoms with Gasteiger partial charge in [0.25, 0.3) is 0 Å². The number of carbonyl (C=O) groups is 2. The van der Waals surface area contributed by atoms with Crippen LogP contribution < -0.4 is 0 Å². The predicted octanol–water partition coefficient (Wildman–Crippen LogP) is 5.04. The Bertz CT molecular complexity index is 825. The molecule has 1 aliphatic rings. The summed E-state index contributed by atoms with van der Waals surface area (Å²) in [6.45, 7) is 6.26. The first-order valence-electron chi connectivity index (χ1n) is 10.8. The third-order valence-corrected chi connectivity index (χ3v) is 6.10. The summed E-state index contributed by atoms with van der Waals surface area (Å²) >= 11 is 0. The number of para-hydroxylation sites is 1. The number of H-pyrrole nitrogens is 1. The molecule has 1 saturated carbocycles. The lowest BCUT2D eigenvalue weighted by atomic mass is 9.75. The van der Waals surface area contributed by atoms with Crippen LogP contribution in [0.2, 0.25) is 0 Å². The fourth-order valence-electron chi connectivity index (χ4n) is 4.43. The molecule has 158 valence electrons. The van der Waals surface area contributed by atoms with Crippen molar-refractivity contribution in [1.29, 1.82) is 0 Å². The molecule has 1 fully saturated rings. The monoisotopic (exact) mass is 399 g/mol. The number of aromatic amines is 1. The lowest BCUT2D eigenvalue weighted by molar-refractivity contribution is -0.167. The second kappa shape index (κ2) is 9.95. The number of hydrogen-bond acceptors (Lipinski definition) is 4. The molecule has 5 heteroatoms. The van der Waals surface area contributed by atoms with E-state index in [1.54, 1.807) is 0 Å². The van der Waals surface area contributed by atoms with E-state index in [1.165, 1.54) is 17.4 Å². The first-order chi connectivity index (χ1) is 13.9. The number of ether oxygens (including phenoxy) is 2. The summed E-state index contributed by atoms with van der Waals surface area (Å²) in [6, 6.07) is 8.12. The third-order valence-electron chi connectivity index (χ3n) is 6.10. The third kappa shape index (κ3) is 5.84. The Balaban J connectivity index is 1.39. The molecular weight excluding hydrogens is 366 g/mol. The molecule has 1 heterocycles.